The fraction of sp³-hybridized carbons (Fsp3) is 0.409. The van der Waals surface area contributed by atoms with E-state index >= 15 is 0 Å². The standard InChI is InChI=1S/C22H25FN2O3/c1-28-19-8-9-20-16(12-19)13-25(18-6-7-18)22(27)10-11-24(20)14-21(26)15-2-4-17(23)5-3-15/h2-5,8-9,12,18,21,26H,6-7,10-11,13-14H2,1H3. The van der Waals surface area contributed by atoms with Crippen LogP contribution in [0.3, 0.4) is 0 Å². The van der Waals surface area contributed by atoms with Gasteiger partial charge < -0.3 is 19.6 Å². The molecule has 1 heterocycles. The smallest absolute Gasteiger partial charge is 0.224 e. The summed E-state index contributed by atoms with van der Waals surface area (Å²) in [6.45, 7) is 1.42. The van der Waals surface area contributed by atoms with Crippen LogP contribution >= 0.6 is 0 Å². The number of benzene rings is 2. The number of amides is 1. The molecule has 0 saturated heterocycles. The van der Waals surface area contributed by atoms with Crippen LogP contribution in [0.5, 0.6) is 5.75 Å². The Kier molecular flexibility index (Phi) is 5.22. The molecule has 2 aromatic rings. The summed E-state index contributed by atoms with van der Waals surface area (Å²) in [6, 6.07) is 12.1. The summed E-state index contributed by atoms with van der Waals surface area (Å²) in [5.74, 6) is 0.573. The first-order valence-electron chi connectivity index (χ1n) is 9.70. The molecule has 1 unspecified atom stereocenters. The second-order valence-corrected chi connectivity index (χ2v) is 7.51. The number of aliphatic hydroxyl groups is 1. The molecule has 1 fully saturated rings. The number of rotatable bonds is 5. The number of carbonyl (C=O) groups excluding carboxylic acids is 1. The van der Waals surface area contributed by atoms with Gasteiger partial charge in [-0.3, -0.25) is 4.79 Å². The monoisotopic (exact) mass is 384 g/mol. The Morgan fingerprint density at radius 3 is 2.64 bits per heavy atom. The summed E-state index contributed by atoms with van der Waals surface area (Å²) in [4.78, 5) is 16.7. The van der Waals surface area contributed by atoms with Gasteiger partial charge in [-0.15, -0.1) is 0 Å². The Balaban J connectivity index is 1.62. The number of ether oxygens (including phenoxy) is 1. The first-order chi connectivity index (χ1) is 13.5. The highest BCUT2D eigenvalue weighted by Gasteiger charge is 2.34. The van der Waals surface area contributed by atoms with Gasteiger partial charge in [-0.05, 0) is 54.3 Å². The van der Waals surface area contributed by atoms with Gasteiger partial charge in [-0.2, -0.15) is 0 Å². The Bertz CT molecular complexity index is 851. The number of nitrogens with zero attached hydrogens (tertiary/aromatic N) is 2. The Labute approximate surface area is 164 Å². The van der Waals surface area contributed by atoms with Crippen molar-refractivity contribution in [2.45, 2.75) is 38.0 Å². The third-order valence-corrected chi connectivity index (χ3v) is 5.52. The van der Waals surface area contributed by atoms with Gasteiger partial charge in [0.05, 0.1) is 13.2 Å². The molecule has 1 saturated carbocycles. The maximum absolute atomic E-state index is 13.2. The average molecular weight is 384 g/mol. The molecule has 0 aromatic heterocycles. The Morgan fingerprint density at radius 1 is 1.21 bits per heavy atom. The first-order valence-corrected chi connectivity index (χ1v) is 9.70. The van der Waals surface area contributed by atoms with E-state index in [0.717, 1.165) is 29.8 Å². The number of β-amino-alcohol motifs (C(OH)–C–C–N with tert-alkyl or cyclic N) is 1. The number of anilines is 1. The number of aliphatic hydroxyl groups excluding tert-OH is 1. The molecule has 2 aromatic carbocycles. The maximum atomic E-state index is 13.2. The molecule has 1 N–H and O–H groups in total. The van der Waals surface area contributed by atoms with Crippen molar-refractivity contribution in [2.75, 3.05) is 25.1 Å². The van der Waals surface area contributed by atoms with Crippen LogP contribution < -0.4 is 9.64 Å². The van der Waals surface area contributed by atoms with E-state index in [0.29, 0.717) is 37.7 Å². The van der Waals surface area contributed by atoms with Crippen molar-refractivity contribution in [1.82, 2.24) is 4.90 Å². The summed E-state index contributed by atoms with van der Waals surface area (Å²) < 4.78 is 18.6. The van der Waals surface area contributed by atoms with Crippen LogP contribution in [-0.4, -0.2) is 42.2 Å². The van der Waals surface area contributed by atoms with Gasteiger partial charge in [-0.25, -0.2) is 4.39 Å². The summed E-state index contributed by atoms with van der Waals surface area (Å²) in [7, 11) is 1.63. The largest absolute Gasteiger partial charge is 0.497 e. The van der Waals surface area contributed by atoms with E-state index < -0.39 is 6.10 Å². The predicted octanol–water partition coefficient (Wildman–Crippen LogP) is 3.27. The van der Waals surface area contributed by atoms with Crippen LogP contribution in [0, 0.1) is 5.82 Å². The second kappa shape index (κ2) is 7.80. The van der Waals surface area contributed by atoms with Gasteiger partial charge in [0.25, 0.3) is 0 Å². The molecule has 0 spiro atoms. The number of halogens is 1. The van der Waals surface area contributed by atoms with Crippen LogP contribution in [0.25, 0.3) is 0 Å². The van der Waals surface area contributed by atoms with E-state index in [1.54, 1.807) is 19.2 Å². The highest BCUT2D eigenvalue weighted by molar-refractivity contribution is 5.79. The van der Waals surface area contributed by atoms with Gasteiger partial charge in [-0.1, -0.05) is 12.1 Å². The minimum Gasteiger partial charge on any atom is -0.497 e. The molecule has 1 amide bonds. The molecular weight excluding hydrogens is 359 g/mol. The van der Waals surface area contributed by atoms with E-state index in [2.05, 4.69) is 0 Å². The van der Waals surface area contributed by atoms with E-state index in [1.807, 2.05) is 28.0 Å². The number of hydrogen-bond donors (Lipinski definition) is 1. The summed E-state index contributed by atoms with van der Waals surface area (Å²) in [5, 5.41) is 10.7. The number of carbonyl (C=O) groups is 1. The fourth-order valence-electron chi connectivity index (χ4n) is 3.80. The first kappa shape index (κ1) is 18.7. The molecule has 148 valence electrons. The molecule has 0 radical (unpaired) electrons. The highest BCUT2D eigenvalue weighted by Crippen LogP contribution is 2.35. The lowest BCUT2D eigenvalue weighted by Crippen LogP contribution is -2.40. The highest BCUT2D eigenvalue weighted by atomic mass is 19.1. The van der Waals surface area contributed by atoms with Crippen LogP contribution in [0.1, 0.15) is 36.5 Å². The minimum atomic E-state index is -0.774. The quantitative estimate of drug-likeness (QED) is 0.860. The zero-order valence-electron chi connectivity index (χ0n) is 16.0. The number of methoxy groups -OCH3 is 1. The molecule has 2 aliphatic rings. The summed E-state index contributed by atoms with van der Waals surface area (Å²) in [6.07, 6.45) is 1.78. The zero-order chi connectivity index (χ0) is 19.7. The van der Waals surface area contributed by atoms with Gasteiger partial charge in [0.15, 0.2) is 0 Å². The van der Waals surface area contributed by atoms with Crippen molar-refractivity contribution in [2.24, 2.45) is 0 Å². The van der Waals surface area contributed by atoms with Crippen molar-refractivity contribution in [1.29, 1.82) is 0 Å². The maximum Gasteiger partial charge on any atom is 0.224 e. The van der Waals surface area contributed by atoms with Crippen LogP contribution in [0.4, 0.5) is 10.1 Å². The molecule has 6 heteroatoms. The minimum absolute atomic E-state index is 0.150. The number of hydrogen-bond acceptors (Lipinski definition) is 4. The van der Waals surface area contributed by atoms with E-state index in [-0.39, 0.29) is 11.7 Å². The van der Waals surface area contributed by atoms with Crippen LogP contribution in [-0.2, 0) is 11.3 Å². The van der Waals surface area contributed by atoms with E-state index in [9.17, 15) is 14.3 Å². The van der Waals surface area contributed by atoms with Crippen molar-refractivity contribution in [3.63, 3.8) is 0 Å². The third kappa shape index (κ3) is 3.97. The molecule has 1 aliphatic carbocycles. The topological polar surface area (TPSA) is 53.0 Å². The van der Waals surface area contributed by atoms with Gasteiger partial charge >= 0.3 is 0 Å². The predicted molar refractivity (Wildman–Crippen MR) is 105 cm³/mol. The average Bonchev–Trinajstić information content (AvgIpc) is 3.53. The SMILES string of the molecule is COc1ccc2c(c1)CN(C1CC1)C(=O)CCN2CC(O)c1ccc(F)cc1. The lowest BCUT2D eigenvalue weighted by Gasteiger charge is -2.34. The molecule has 0 bridgehead atoms. The lowest BCUT2D eigenvalue weighted by molar-refractivity contribution is -0.132. The molecule has 1 atom stereocenters. The van der Waals surface area contributed by atoms with Crippen molar-refractivity contribution < 1.29 is 19.0 Å². The summed E-state index contributed by atoms with van der Waals surface area (Å²) in [5.41, 5.74) is 2.68. The normalized spacial score (nSPS) is 18.3. The Hall–Kier alpha value is -2.60. The molecule has 5 nitrogen and oxygen atoms in total. The molecule has 28 heavy (non-hydrogen) atoms. The van der Waals surface area contributed by atoms with Gasteiger partial charge in [0.2, 0.25) is 5.91 Å². The molecule has 4 rings (SSSR count). The third-order valence-electron chi connectivity index (χ3n) is 5.52. The van der Waals surface area contributed by atoms with Crippen LogP contribution in [0.2, 0.25) is 0 Å². The molecule has 1 aliphatic heterocycles. The van der Waals surface area contributed by atoms with E-state index in [1.165, 1.54) is 12.1 Å². The lowest BCUT2D eigenvalue weighted by atomic mass is 10.0. The van der Waals surface area contributed by atoms with E-state index in [4.69, 9.17) is 4.74 Å². The fourth-order valence-corrected chi connectivity index (χ4v) is 3.80. The van der Waals surface area contributed by atoms with Crippen LogP contribution in [0.15, 0.2) is 42.5 Å². The molecular formula is C22H25FN2O3. The Morgan fingerprint density at radius 2 is 1.96 bits per heavy atom. The van der Waals surface area contributed by atoms with Crippen molar-refractivity contribution in [3.05, 3.63) is 59.4 Å². The second-order valence-electron chi connectivity index (χ2n) is 7.51. The van der Waals surface area contributed by atoms with Crippen molar-refractivity contribution in [3.8, 4) is 5.75 Å². The zero-order valence-corrected chi connectivity index (χ0v) is 16.0. The van der Waals surface area contributed by atoms with Gasteiger partial charge in [0, 0.05) is 37.8 Å². The number of fused-ring (bicyclic) bond motifs is 1. The summed E-state index contributed by atoms with van der Waals surface area (Å²) >= 11 is 0. The van der Waals surface area contributed by atoms with Gasteiger partial charge in [0.1, 0.15) is 11.6 Å². The van der Waals surface area contributed by atoms with Crippen molar-refractivity contribution >= 4 is 11.6 Å².